The Bertz CT molecular complexity index is 895. The van der Waals surface area contributed by atoms with Crippen LogP contribution in [0.25, 0.3) is 11.4 Å². The fourth-order valence-corrected chi connectivity index (χ4v) is 2.39. The van der Waals surface area contributed by atoms with Gasteiger partial charge in [-0.1, -0.05) is 5.16 Å². The molecule has 1 N–H and O–H groups in total. The van der Waals surface area contributed by atoms with Crippen LogP contribution in [0.3, 0.4) is 0 Å². The second-order valence-corrected chi connectivity index (χ2v) is 5.29. The minimum Gasteiger partial charge on any atom is -0.486 e. The number of benzene rings is 1. The van der Waals surface area contributed by atoms with Gasteiger partial charge in [-0.15, -0.1) is 0 Å². The molecule has 3 heterocycles. The first-order valence-corrected chi connectivity index (χ1v) is 7.70. The highest BCUT2D eigenvalue weighted by atomic mass is 16.6. The standard InChI is InChI=1S/C17H14N4O4/c22-17(12-1-2-13-14(9-12)24-8-7-23-13)19-10-15-20-16(21-25-15)11-3-5-18-6-4-11/h1-6,9H,7-8,10H2,(H,19,22). The number of carbonyl (C=O) groups excluding carboxylic acids is 1. The average Bonchev–Trinajstić information content (AvgIpc) is 3.15. The topological polar surface area (TPSA) is 99.4 Å². The maximum absolute atomic E-state index is 12.3. The number of nitrogens with one attached hydrogen (secondary N) is 1. The lowest BCUT2D eigenvalue weighted by atomic mass is 10.2. The Morgan fingerprint density at radius 2 is 1.88 bits per heavy atom. The summed E-state index contributed by atoms with van der Waals surface area (Å²) in [6, 6.07) is 8.61. The molecule has 3 aromatic rings. The molecular formula is C17H14N4O4. The maximum Gasteiger partial charge on any atom is 0.251 e. The normalized spacial score (nSPS) is 12.6. The minimum atomic E-state index is -0.263. The molecule has 8 nitrogen and oxygen atoms in total. The number of aromatic nitrogens is 3. The molecule has 126 valence electrons. The fraction of sp³-hybridized carbons (Fsp3) is 0.176. The van der Waals surface area contributed by atoms with Crippen molar-refractivity contribution in [2.24, 2.45) is 0 Å². The molecule has 0 aliphatic carbocycles. The van der Waals surface area contributed by atoms with Gasteiger partial charge in [-0.3, -0.25) is 9.78 Å². The fourth-order valence-electron chi connectivity index (χ4n) is 2.39. The molecule has 25 heavy (non-hydrogen) atoms. The third-order valence-corrected chi connectivity index (χ3v) is 3.61. The van der Waals surface area contributed by atoms with Crippen LogP contribution < -0.4 is 14.8 Å². The van der Waals surface area contributed by atoms with Crippen molar-refractivity contribution in [2.75, 3.05) is 13.2 Å². The number of rotatable bonds is 4. The second kappa shape index (κ2) is 6.60. The van der Waals surface area contributed by atoms with Crippen LogP contribution in [0.15, 0.2) is 47.2 Å². The van der Waals surface area contributed by atoms with Gasteiger partial charge in [0, 0.05) is 23.5 Å². The molecule has 0 radical (unpaired) electrons. The molecule has 1 aliphatic rings. The highest BCUT2D eigenvalue weighted by molar-refractivity contribution is 5.94. The first-order valence-electron chi connectivity index (χ1n) is 7.70. The predicted molar refractivity (Wildman–Crippen MR) is 86.1 cm³/mol. The third kappa shape index (κ3) is 3.27. The summed E-state index contributed by atoms with van der Waals surface area (Å²) in [5.41, 5.74) is 1.27. The van der Waals surface area contributed by atoms with E-state index in [2.05, 4.69) is 20.4 Å². The Kier molecular flexibility index (Phi) is 3.99. The Balaban J connectivity index is 1.41. The van der Waals surface area contributed by atoms with Gasteiger partial charge in [0.05, 0.1) is 6.54 Å². The number of pyridine rings is 1. The maximum atomic E-state index is 12.3. The summed E-state index contributed by atoms with van der Waals surface area (Å²) in [7, 11) is 0. The second-order valence-electron chi connectivity index (χ2n) is 5.29. The van der Waals surface area contributed by atoms with Gasteiger partial charge in [-0.05, 0) is 30.3 Å². The lowest BCUT2D eigenvalue weighted by molar-refractivity contribution is 0.0945. The van der Waals surface area contributed by atoms with E-state index in [0.717, 1.165) is 5.56 Å². The first kappa shape index (κ1) is 15.1. The molecule has 0 unspecified atom stereocenters. The summed E-state index contributed by atoms with van der Waals surface area (Å²) in [5.74, 6) is 1.71. The number of amides is 1. The average molecular weight is 338 g/mol. The van der Waals surface area contributed by atoms with E-state index < -0.39 is 0 Å². The highest BCUT2D eigenvalue weighted by Gasteiger charge is 2.16. The zero-order valence-electron chi connectivity index (χ0n) is 13.1. The van der Waals surface area contributed by atoms with Crippen molar-refractivity contribution in [2.45, 2.75) is 6.54 Å². The number of hydrogen-bond acceptors (Lipinski definition) is 7. The van der Waals surface area contributed by atoms with E-state index in [1.165, 1.54) is 0 Å². The number of fused-ring (bicyclic) bond motifs is 1. The van der Waals surface area contributed by atoms with E-state index in [9.17, 15) is 4.79 Å². The SMILES string of the molecule is O=C(NCc1nc(-c2ccncc2)no1)c1ccc2c(c1)OCCO2. The van der Waals surface area contributed by atoms with Crippen molar-refractivity contribution < 1.29 is 18.8 Å². The quantitative estimate of drug-likeness (QED) is 0.774. The van der Waals surface area contributed by atoms with Crippen molar-refractivity contribution in [1.82, 2.24) is 20.4 Å². The predicted octanol–water partition coefficient (Wildman–Crippen LogP) is 1.83. The molecule has 0 spiro atoms. The van der Waals surface area contributed by atoms with E-state index in [1.54, 1.807) is 42.7 Å². The van der Waals surface area contributed by atoms with Gasteiger partial charge < -0.3 is 19.3 Å². The number of hydrogen-bond donors (Lipinski definition) is 1. The third-order valence-electron chi connectivity index (χ3n) is 3.61. The van der Waals surface area contributed by atoms with E-state index in [-0.39, 0.29) is 12.5 Å². The zero-order chi connectivity index (χ0) is 17.1. The van der Waals surface area contributed by atoms with Gasteiger partial charge >= 0.3 is 0 Å². The highest BCUT2D eigenvalue weighted by Crippen LogP contribution is 2.30. The molecule has 1 aliphatic heterocycles. The van der Waals surface area contributed by atoms with Gasteiger partial charge in [-0.25, -0.2) is 0 Å². The Morgan fingerprint density at radius 3 is 2.72 bits per heavy atom. The van der Waals surface area contributed by atoms with Crippen LogP contribution in [0.1, 0.15) is 16.2 Å². The van der Waals surface area contributed by atoms with E-state index in [0.29, 0.717) is 42.0 Å². The summed E-state index contributed by atoms with van der Waals surface area (Å²) >= 11 is 0. The Labute approximate surface area is 142 Å². The van der Waals surface area contributed by atoms with Crippen molar-refractivity contribution in [3.8, 4) is 22.9 Å². The number of nitrogens with zero attached hydrogens (tertiary/aromatic N) is 3. The van der Waals surface area contributed by atoms with E-state index >= 15 is 0 Å². The van der Waals surface area contributed by atoms with Crippen LogP contribution in [-0.2, 0) is 6.54 Å². The van der Waals surface area contributed by atoms with Crippen molar-refractivity contribution in [3.05, 3.63) is 54.2 Å². The first-order chi connectivity index (χ1) is 12.3. The van der Waals surface area contributed by atoms with Gasteiger partial charge in [0.25, 0.3) is 5.91 Å². The summed E-state index contributed by atoms with van der Waals surface area (Å²) < 4.78 is 16.1. The largest absolute Gasteiger partial charge is 0.486 e. The van der Waals surface area contributed by atoms with Crippen LogP contribution in [0, 0.1) is 0 Å². The smallest absolute Gasteiger partial charge is 0.251 e. The van der Waals surface area contributed by atoms with Crippen LogP contribution in [0.5, 0.6) is 11.5 Å². The summed E-state index contributed by atoms with van der Waals surface area (Å²) in [4.78, 5) is 20.5. The molecule has 2 aromatic heterocycles. The molecule has 4 rings (SSSR count). The van der Waals surface area contributed by atoms with Gasteiger partial charge in [0.15, 0.2) is 11.5 Å². The molecule has 1 amide bonds. The summed E-state index contributed by atoms with van der Waals surface area (Å²) in [5, 5.41) is 6.64. The summed E-state index contributed by atoms with van der Waals surface area (Å²) in [6.07, 6.45) is 3.30. The van der Waals surface area contributed by atoms with Gasteiger partial charge in [0.2, 0.25) is 11.7 Å². The van der Waals surface area contributed by atoms with E-state index in [4.69, 9.17) is 14.0 Å². The zero-order valence-corrected chi connectivity index (χ0v) is 13.1. The van der Waals surface area contributed by atoms with E-state index in [1.807, 2.05) is 0 Å². The van der Waals surface area contributed by atoms with Crippen molar-refractivity contribution in [1.29, 1.82) is 0 Å². The molecular weight excluding hydrogens is 324 g/mol. The van der Waals surface area contributed by atoms with Gasteiger partial charge in [0.1, 0.15) is 13.2 Å². The summed E-state index contributed by atoms with van der Waals surface area (Å²) in [6.45, 7) is 1.11. The Morgan fingerprint density at radius 1 is 1.08 bits per heavy atom. The molecule has 0 atom stereocenters. The minimum absolute atomic E-state index is 0.130. The molecule has 0 bridgehead atoms. The Hall–Kier alpha value is -3.42. The van der Waals surface area contributed by atoms with Gasteiger partial charge in [-0.2, -0.15) is 4.98 Å². The van der Waals surface area contributed by atoms with Crippen LogP contribution in [-0.4, -0.2) is 34.2 Å². The number of ether oxygens (including phenoxy) is 2. The van der Waals surface area contributed by atoms with Crippen molar-refractivity contribution in [3.63, 3.8) is 0 Å². The molecule has 0 saturated carbocycles. The van der Waals surface area contributed by atoms with Crippen molar-refractivity contribution >= 4 is 5.91 Å². The lowest BCUT2D eigenvalue weighted by Gasteiger charge is -2.18. The number of carbonyl (C=O) groups is 1. The van der Waals surface area contributed by atoms with Crippen LogP contribution >= 0.6 is 0 Å². The monoisotopic (exact) mass is 338 g/mol. The molecule has 1 aromatic carbocycles. The van der Waals surface area contributed by atoms with Crippen LogP contribution in [0.2, 0.25) is 0 Å². The van der Waals surface area contributed by atoms with Crippen LogP contribution in [0.4, 0.5) is 0 Å². The molecule has 0 saturated heterocycles. The molecule has 0 fully saturated rings. The lowest BCUT2D eigenvalue weighted by Crippen LogP contribution is -2.23. The molecule has 8 heteroatoms.